The Morgan fingerprint density at radius 3 is 2.53 bits per heavy atom. The molecule has 0 saturated carbocycles. The molecule has 2 aromatic heterocycles. The van der Waals surface area contributed by atoms with Gasteiger partial charge in [-0.2, -0.15) is 4.80 Å². The Labute approximate surface area is 203 Å². The fourth-order valence-corrected chi connectivity index (χ4v) is 3.80. The average Bonchev–Trinajstić information content (AvgIpc) is 3.45. The van der Waals surface area contributed by atoms with Gasteiger partial charge in [-0.15, -0.1) is 10.2 Å². The second-order valence-electron chi connectivity index (χ2n) is 7.32. The van der Waals surface area contributed by atoms with Gasteiger partial charge in [0.2, 0.25) is 5.91 Å². The molecule has 2 heterocycles. The van der Waals surface area contributed by atoms with E-state index in [0.29, 0.717) is 49.5 Å². The fourth-order valence-electron chi connectivity index (χ4n) is 3.30. The summed E-state index contributed by atoms with van der Waals surface area (Å²) in [5, 5.41) is 12.6. The number of halogens is 3. The zero-order valence-electron chi connectivity index (χ0n) is 17.4. The molecule has 0 unspecified atom stereocenters. The number of furan rings is 1. The quantitative estimate of drug-likeness (QED) is 0.274. The van der Waals surface area contributed by atoms with Crippen molar-refractivity contribution < 1.29 is 13.6 Å². The topological polar surface area (TPSA) is 73.0 Å². The molecule has 5 rings (SSSR count). The van der Waals surface area contributed by atoms with Gasteiger partial charge in [0.1, 0.15) is 28.4 Å². The Kier molecular flexibility index (Phi) is 5.88. The Morgan fingerprint density at radius 2 is 1.74 bits per heavy atom. The van der Waals surface area contributed by atoms with E-state index in [1.807, 2.05) is 0 Å². The number of amides is 1. The molecule has 1 N–H and O–H groups in total. The van der Waals surface area contributed by atoms with Gasteiger partial charge in [-0.05, 0) is 78.9 Å². The molecule has 5 aromatic rings. The highest BCUT2D eigenvalue weighted by Crippen LogP contribution is 2.31. The highest BCUT2D eigenvalue weighted by molar-refractivity contribution is 6.36. The van der Waals surface area contributed by atoms with E-state index in [9.17, 15) is 9.18 Å². The number of nitrogens with one attached hydrogen (secondary N) is 1. The maximum absolute atomic E-state index is 13.1. The van der Waals surface area contributed by atoms with Crippen LogP contribution in [-0.4, -0.2) is 20.9 Å². The van der Waals surface area contributed by atoms with E-state index in [-0.39, 0.29) is 11.7 Å². The third-order valence-electron chi connectivity index (χ3n) is 4.93. The van der Waals surface area contributed by atoms with Crippen LogP contribution in [0.1, 0.15) is 5.76 Å². The minimum atomic E-state index is -0.340. The molecule has 6 nitrogen and oxygen atoms in total. The zero-order chi connectivity index (χ0) is 23.7. The van der Waals surface area contributed by atoms with Gasteiger partial charge < -0.3 is 9.73 Å². The lowest BCUT2D eigenvalue weighted by Gasteiger charge is -2.01. The number of anilines is 1. The second kappa shape index (κ2) is 9.13. The predicted molar refractivity (Wildman–Crippen MR) is 131 cm³/mol. The number of hydrogen-bond donors (Lipinski definition) is 1. The summed E-state index contributed by atoms with van der Waals surface area (Å²) in [4.78, 5) is 13.8. The van der Waals surface area contributed by atoms with Crippen LogP contribution in [0, 0.1) is 5.82 Å². The maximum atomic E-state index is 13.1. The van der Waals surface area contributed by atoms with Crippen molar-refractivity contribution in [1.82, 2.24) is 15.0 Å². The minimum Gasteiger partial charge on any atom is -0.457 e. The van der Waals surface area contributed by atoms with Gasteiger partial charge in [0.25, 0.3) is 0 Å². The fraction of sp³-hybridized carbons (Fsp3) is 0. The standard InChI is InChI=1S/C25H15Cl2FN4O2/c26-15-1-9-20(21(27)13-15)24-11-7-19(34-24)8-12-25(33)29-17-4-10-22-23(14-17)31-32(30-22)18-5-2-16(28)3-6-18/h1-14H,(H,29,33)/b12-8+. The van der Waals surface area contributed by atoms with Crippen molar-refractivity contribution in [3.63, 3.8) is 0 Å². The van der Waals surface area contributed by atoms with Crippen molar-refractivity contribution in [1.29, 1.82) is 0 Å². The first kappa shape index (κ1) is 21.9. The normalized spacial score (nSPS) is 11.4. The Morgan fingerprint density at radius 1 is 0.941 bits per heavy atom. The lowest BCUT2D eigenvalue weighted by molar-refractivity contribution is -0.111. The van der Waals surface area contributed by atoms with E-state index in [0.717, 1.165) is 0 Å². The lowest BCUT2D eigenvalue weighted by atomic mass is 10.2. The van der Waals surface area contributed by atoms with E-state index >= 15 is 0 Å². The van der Waals surface area contributed by atoms with Crippen LogP contribution in [0.2, 0.25) is 10.0 Å². The largest absolute Gasteiger partial charge is 0.457 e. The monoisotopic (exact) mass is 492 g/mol. The molecular formula is C25H15Cl2FN4O2. The lowest BCUT2D eigenvalue weighted by Crippen LogP contribution is -2.07. The molecule has 1 amide bonds. The van der Waals surface area contributed by atoms with E-state index in [4.69, 9.17) is 27.6 Å². The van der Waals surface area contributed by atoms with Crippen molar-refractivity contribution in [2.24, 2.45) is 0 Å². The Hall–Kier alpha value is -3.94. The molecule has 0 atom stereocenters. The van der Waals surface area contributed by atoms with Crippen LogP contribution in [0.15, 0.2) is 83.3 Å². The molecule has 0 aliphatic carbocycles. The molecule has 168 valence electrons. The summed E-state index contributed by atoms with van der Waals surface area (Å²) in [6.07, 6.45) is 2.93. The zero-order valence-corrected chi connectivity index (χ0v) is 18.9. The van der Waals surface area contributed by atoms with Gasteiger partial charge >= 0.3 is 0 Å². The first-order valence-corrected chi connectivity index (χ1v) is 10.9. The van der Waals surface area contributed by atoms with Crippen LogP contribution in [-0.2, 0) is 4.79 Å². The second-order valence-corrected chi connectivity index (χ2v) is 8.16. The SMILES string of the molecule is O=C(/C=C/c1ccc(-c2ccc(Cl)cc2Cl)o1)Nc1ccc2nn(-c3ccc(F)cc3)nc2c1. The van der Waals surface area contributed by atoms with Crippen molar-refractivity contribution >= 4 is 51.9 Å². The van der Waals surface area contributed by atoms with E-state index in [1.165, 1.54) is 23.0 Å². The van der Waals surface area contributed by atoms with E-state index in [1.54, 1.807) is 66.7 Å². The third kappa shape index (κ3) is 4.71. The van der Waals surface area contributed by atoms with Gasteiger partial charge in [0.05, 0.1) is 10.7 Å². The summed E-state index contributed by atoms with van der Waals surface area (Å²) >= 11 is 12.2. The molecule has 34 heavy (non-hydrogen) atoms. The smallest absolute Gasteiger partial charge is 0.248 e. The number of fused-ring (bicyclic) bond motifs is 1. The number of rotatable bonds is 5. The Balaban J connectivity index is 1.28. The Bertz CT molecular complexity index is 1540. The number of nitrogens with zero attached hydrogens (tertiary/aromatic N) is 3. The summed E-state index contributed by atoms with van der Waals surface area (Å²) in [6.45, 7) is 0. The van der Waals surface area contributed by atoms with Crippen LogP contribution in [0.25, 0.3) is 34.1 Å². The first-order valence-electron chi connectivity index (χ1n) is 10.1. The molecule has 9 heteroatoms. The molecule has 0 radical (unpaired) electrons. The van der Waals surface area contributed by atoms with Crippen LogP contribution in [0.5, 0.6) is 0 Å². The molecule has 0 fully saturated rings. The molecule has 0 spiro atoms. The number of carbonyl (C=O) groups excluding carboxylic acids is 1. The number of carbonyl (C=O) groups is 1. The molecule has 3 aromatic carbocycles. The van der Waals surface area contributed by atoms with Gasteiger partial charge in [-0.25, -0.2) is 4.39 Å². The van der Waals surface area contributed by atoms with Crippen LogP contribution in [0.3, 0.4) is 0 Å². The summed E-state index contributed by atoms with van der Waals surface area (Å²) in [5.41, 5.74) is 3.12. The van der Waals surface area contributed by atoms with Gasteiger partial charge in [-0.1, -0.05) is 23.2 Å². The predicted octanol–water partition coefficient (Wildman–Crippen LogP) is 6.78. The molecule has 0 aliphatic heterocycles. The van der Waals surface area contributed by atoms with Crippen molar-refractivity contribution in [2.75, 3.05) is 5.32 Å². The van der Waals surface area contributed by atoms with Crippen LogP contribution < -0.4 is 5.32 Å². The third-order valence-corrected chi connectivity index (χ3v) is 5.48. The minimum absolute atomic E-state index is 0.335. The van der Waals surface area contributed by atoms with Gasteiger partial charge in [-0.3, -0.25) is 4.79 Å². The molecule has 0 saturated heterocycles. The summed E-state index contributed by atoms with van der Waals surface area (Å²) in [5.74, 6) is 0.385. The van der Waals surface area contributed by atoms with E-state index in [2.05, 4.69) is 15.5 Å². The average molecular weight is 493 g/mol. The van der Waals surface area contributed by atoms with Crippen molar-refractivity contribution in [3.8, 4) is 17.0 Å². The first-order chi connectivity index (χ1) is 16.4. The van der Waals surface area contributed by atoms with Crippen molar-refractivity contribution in [3.05, 3.63) is 100 Å². The maximum Gasteiger partial charge on any atom is 0.248 e. The number of aromatic nitrogens is 3. The number of hydrogen-bond acceptors (Lipinski definition) is 4. The molecule has 0 bridgehead atoms. The highest BCUT2D eigenvalue weighted by atomic mass is 35.5. The summed E-state index contributed by atoms with van der Waals surface area (Å²) in [7, 11) is 0. The van der Waals surface area contributed by atoms with Crippen LogP contribution >= 0.6 is 23.2 Å². The molecular weight excluding hydrogens is 478 g/mol. The summed E-state index contributed by atoms with van der Waals surface area (Å²) in [6, 6.07) is 19.7. The van der Waals surface area contributed by atoms with E-state index < -0.39 is 0 Å². The van der Waals surface area contributed by atoms with Crippen molar-refractivity contribution in [2.45, 2.75) is 0 Å². The van der Waals surface area contributed by atoms with Gasteiger partial charge in [0.15, 0.2) is 0 Å². The van der Waals surface area contributed by atoms with Crippen LogP contribution in [0.4, 0.5) is 10.1 Å². The number of benzene rings is 3. The van der Waals surface area contributed by atoms with Gasteiger partial charge in [0, 0.05) is 22.3 Å². The summed E-state index contributed by atoms with van der Waals surface area (Å²) < 4.78 is 18.9. The molecule has 0 aliphatic rings. The highest BCUT2D eigenvalue weighted by Gasteiger charge is 2.10.